The molecule has 0 aromatic carbocycles. The zero-order chi connectivity index (χ0) is 15.3. The lowest BCUT2D eigenvalue weighted by atomic mass is 9.90. The molecule has 2 aliphatic carbocycles. The topological polar surface area (TPSA) is 52.6 Å². The summed E-state index contributed by atoms with van der Waals surface area (Å²) >= 11 is 0. The fraction of sp³-hybridized carbons (Fsp3) is 0.941. The molecule has 1 atom stereocenters. The molecule has 0 bridgehead atoms. The fourth-order valence-electron chi connectivity index (χ4n) is 3.67. The number of nitrogens with zero attached hydrogens (tertiary/aromatic N) is 1. The monoisotopic (exact) mass is 296 g/mol. The molecule has 0 spiro atoms. The van der Waals surface area contributed by atoms with Gasteiger partial charge in [0.25, 0.3) is 0 Å². The first-order chi connectivity index (χ1) is 10.1. The van der Waals surface area contributed by atoms with E-state index in [1.165, 1.54) is 32.2 Å². The van der Waals surface area contributed by atoms with Gasteiger partial charge in [0.2, 0.25) is 0 Å². The van der Waals surface area contributed by atoms with Crippen molar-refractivity contribution in [3.8, 4) is 0 Å². The number of hydrogen-bond donors (Lipinski definition) is 2. The van der Waals surface area contributed by atoms with Gasteiger partial charge in [0.05, 0.1) is 0 Å². The van der Waals surface area contributed by atoms with Crippen molar-refractivity contribution in [2.24, 2.45) is 5.92 Å². The van der Waals surface area contributed by atoms with E-state index in [-0.39, 0.29) is 0 Å². The van der Waals surface area contributed by atoms with Gasteiger partial charge in [-0.2, -0.15) is 0 Å². The molecule has 2 N–H and O–H groups in total. The molecule has 4 heteroatoms. The van der Waals surface area contributed by atoms with Crippen LogP contribution >= 0.6 is 0 Å². The highest BCUT2D eigenvalue weighted by atomic mass is 16.4. The molecule has 0 aromatic heterocycles. The predicted octanol–water partition coefficient (Wildman–Crippen LogP) is 2.87. The van der Waals surface area contributed by atoms with E-state index >= 15 is 0 Å². The Labute approximate surface area is 129 Å². The van der Waals surface area contributed by atoms with Crippen LogP contribution in [0.2, 0.25) is 0 Å². The Hall–Kier alpha value is -0.610. The highest BCUT2D eigenvalue weighted by molar-refractivity contribution is 5.78. The summed E-state index contributed by atoms with van der Waals surface area (Å²) in [4.78, 5) is 14.1. The van der Waals surface area contributed by atoms with Crippen LogP contribution in [-0.4, -0.2) is 47.7 Å². The van der Waals surface area contributed by atoms with E-state index in [0.29, 0.717) is 12.5 Å². The number of rotatable bonds is 10. The molecule has 21 heavy (non-hydrogen) atoms. The van der Waals surface area contributed by atoms with Crippen LogP contribution in [0.1, 0.15) is 64.7 Å². The maximum absolute atomic E-state index is 11.7. The third-order valence-electron chi connectivity index (χ3n) is 5.26. The van der Waals surface area contributed by atoms with Crippen molar-refractivity contribution < 1.29 is 9.90 Å². The largest absolute Gasteiger partial charge is 0.480 e. The van der Waals surface area contributed by atoms with Gasteiger partial charge in [-0.15, -0.1) is 0 Å². The van der Waals surface area contributed by atoms with E-state index in [1.807, 2.05) is 6.92 Å². The maximum Gasteiger partial charge on any atom is 0.323 e. The van der Waals surface area contributed by atoms with Gasteiger partial charge < -0.3 is 10.0 Å². The molecule has 0 aliphatic heterocycles. The molecule has 0 radical (unpaired) electrons. The SMILES string of the molecule is CCC(CCCN(C)CC1CCCC1)(NC1CC1)C(=O)O. The van der Waals surface area contributed by atoms with Crippen LogP contribution in [0, 0.1) is 5.92 Å². The summed E-state index contributed by atoms with van der Waals surface area (Å²) in [7, 11) is 2.18. The Kier molecular flexibility index (Phi) is 6.06. The summed E-state index contributed by atoms with van der Waals surface area (Å²) < 4.78 is 0. The van der Waals surface area contributed by atoms with Crippen molar-refractivity contribution in [2.45, 2.75) is 76.3 Å². The number of carboxylic acid groups (broad SMARTS) is 1. The molecule has 2 rings (SSSR count). The van der Waals surface area contributed by atoms with Crippen LogP contribution in [0.25, 0.3) is 0 Å². The first-order valence-electron chi connectivity index (χ1n) is 8.75. The van der Waals surface area contributed by atoms with Crippen LogP contribution in [0.15, 0.2) is 0 Å². The van der Waals surface area contributed by atoms with E-state index in [2.05, 4.69) is 17.3 Å². The Morgan fingerprint density at radius 1 is 1.29 bits per heavy atom. The van der Waals surface area contributed by atoms with Gasteiger partial charge in [0, 0.05) is 12.6 Å². The molecule has 122 valence electrons. The normalized spacial score (nSPS) is 22.6. The molecule has 2 saturated carbocycles. The average molecular weight is 296 g/mol. The van der Waals surface area contributed by atoms with Gasteiger partial charge in [-0.05, 0) is 64.5 Å². The minimum atomic E-state index is -0.699. The predicted molar refractivity (Wildman–Crippen MR) is 85.5 cm³/mol. The Morgan fingerprint density at radius 2 is 1.95 bits per heavy atom. The standard InChI is InChI=1S/C17H32N2O2/c1-3-17(16(20)21,18-15-9-10-15)11-6-12-19(2)13-14-7-4-5-8-14/h14-15,18H,3-13H2,1-2H3,(H,20,21). The van der Waals surface area contributed by atoms with Crippen molar-refractivity contribution in [3.63, 3.8) is 0 Å². The quantitative estimate of drug-likeness (QED) is 0.651. The molecule has 0 amide bonds. The third-order valence-corrected chi connectivity index (χ3v) is 5.26. The summed E-state index contributed by atoms with van der Waals surface area (Å²) in [5, 5.41) is 13.0. The van der Waals surface area contributed by atoms with Crippen molar-refractivity contribution in [1.29, 1.82) is 0 Å². The zero-order valence-electron chi connectivity index (χ0n) is 13.7. The number of nitrogens with one attached hydrogen (secondary N) is 1. The lowest BCUT2D eigenvalue weighted by molar-refractivity contribution is -0.145. The van der Waals surface area contributed by atoms with E-state index in [0.717, 1.165) is 38.1 Å². The highest BCUT2D eigenvalue weighted by Crippen LogP contribution is 2.28. The highest BCUT2D eigenvalue weighted by Gasteiger charge is 2.40. The molecule has 2 fully saturated rings. The summed E-state index contributed by atoms with van der Waals surface area (Å²) in [5.41, 5.74) is -0.699. The molecular formula is C17H32N2O2. The van der Waals surface area contributed by atoms with Crippen LogP contribution < -0.4 is 5.32 Å². The lowest BCUT2D eigenvalue weighted by Gasteiger charge is -2.31. The number of carboxylic acids is 1. The Morgan fingerprint density at radius 3 is 2.48 bits per heavy atom. The first-order valence-corrected chi connectivity index (χ1v) is 8.75. The zero-order valence-corrected chi connectivity index (χ0v) is 13.7. The van der Waals surface area contributed by atoms with Crippen LogP contribution in [0.3, 0.4) is 0 Å². The second-order valence-electron chi connectivity index (χ2n) is 7.18. The van der Waals surface area contributed by atoms with Crippen molar-refractivity contribution in [1.82, 2.24) is 10.2 Å². The molecular weight excluding hydrogens is 264 g/mol. The maximum atomic E-state index is 11.7. The molecule has 1 unspecified atom stereocenters. The number of aliphatic carboxylic acids is 1. The number of hydrogen-bond acceptors (Lipinski definition) is 3. The molecule has 4 nitrogen and oxygen atoms in total. The van der Waals surface area contributed by atoms with Gasteiger partial charge >= 0.3 is 5.97 Å². The summed E-state index contributed by atoms with van der Waals surface area (Å²) in [5.74, 6) is 0.199. The second kappa shape index (κ2) is 7.59. The van der Waals surface area contributed by atoms with E-state index < -0.39 is 11.5 Å². The molecule has 2 aliphatic rings. The lowest BCUT2D eigenvalue weighted by Crippen LogP contribution is -2.53. The van der Waals surface area contributed by atoms with Gasteiger partial charge in [-0.25, -0.2) is 0 Å². The van der Waals surface area contributed by atoms with Gasteiger partial charge in [-0.1, -0.05) is 19.8 Å². The molecule has 0 saturated heterocycles. The van der Waals surface area contributed by atoms with Gasteiger partial charge in [0.15, 0.2) is 0 Å². The molecule has 0 heterocycles. The van der Waals surface area contributed by atoms with Crippen molar-refractivity contribution >= 4 is 5.97 Å². The fourth-order valence-corrected chi connectivity index (χ4v) is 3.67. The van der Waals surface area contributed by atoms with Crippen LogP contribution in [0.4, 0.5) is 0 Å². The third kappa shape index (κ3) is 4.96. The van der Waals surface area contributed by atoms with Gasteiger partial charge in [0.1, 0.15) is 5.54 Å². The van der Waals surface area contributed by atoms with Crippen LogP contribution in [-0.2, 0) is 4.79 Å². The Bertz CT molecular complexity index is 338. The summed E-state index contributed by atoms with van der Waals surface area (Å²) in [6.07, 6.45) is 10.2. The Balaban J connectivity index is 1.73. The van der Waals surface area contributed by atoms with E-state index in [4.69, 9.17) is 0 Å². The summed E-state index contributed by atoms with van der Waals surface area (Å²) in [6, 6.07) is 0.442. The van der Waals surface area contributed by atoms with Gasteiger partial charge in [-0.3, -0.25) is 10.1 Å². The minimum Gasteiger partial charge on any atom is -0.480 e. The second-order valence-corrected chi connectivity index (χ2v) is 7.18. The number of carbonyl (C=O) groups is 1. The van der Waals surface area contributed by atoms with E-state index in [1.54, 1.807) is 0 Å². The average Bonchev–Trinajstić information content (AvgIpc) is 3.11. The first kappa shape index (κ1) is 16.8. The van der Waals surface area contributed by atoms with Crippen LogP contribution in [0.5, 0.6) is 0 Å². The minimum absolute atomic E-state index is 0.442. The van der Waals surface area contributed by atoms with E-state index in [9.17, 15) is 9.90 Å². The van der Waals surface area contributed by atoms with Crippen molar-refractivity contribution in [3.05, 3.63) is 0 Å². The summed E-state index contributed by atoms with van der Waals surface area (Å²) in [6.45, 7) is 4.19. The smallest absolute Gasteiger partial charge is 0.323 e. The molecule has 0 aromatic rings. The van der Waals surface area contributed by atoms with Crippen molar-refractivity contribution in [2.75, 3.05) is 20.1 Å².